The van der Waals surface area contributed by atoms with E-state index in [1.807, 2.05) is 25.1 Å². The number of ether oxygens (including phenoxy) is 1. The van der Waals surface area contributed by atoms with Crippen LogP contribution in [0.2, 0.25) is 8.67 Å². The van der Waals surface area contributed by atoms with Gasteiger partial charge in [-0.25, -0.2) is 0 Å². The summed E-state index contributed by atoms with van der Waals surface area (Å²) in [5, 5.41) is 0. The summed E-state index contributed by atoms with van der Waals surface area (Å²) in [6.45, 7) is 3.98. The first-order valence-electron chi connectivity index (χ1n) is 7.68. The molecule has 0 atom stereocenters. The Balaban J connectivity index is 2.12. The zero-order valence-electron chi connectivity index (χ0n) is 13.9. The first-order valence-corrected chi connectivity index (χ1v) is 10.1. The fraction of sp³-hybridized carbons (Fsp3) is 0.235. The molecule has 0 N–H and O–H groups in total. The smallest absolute Gasteiger partial charge is 0.326 e. The minimum absolute atomic E-state index is 0.0266. The van der Waals surface area contributed by atoms with Crippen LogP contribution >= 0.6 is 45.9 Å². The lowest BCUT2D eigenvalue weighted by Gasteiger charge is -2.05. The fourth-order valence-electron chi connectivity index (χ4n) is 2.39. The molecule has 0 aliphatic heterocycles. The second-order valence-electron chi connectivity index (χ2n) is 5.40. The third kappa shape index (κ3) is 4.01. The Kier molecular flexibility index (Phi) is 5.82. The topological polar surface area (TPSA) is 60.7 Å². The van der Waals surface area contributed by atoms with Crippen molar-refractivity contribution < 1.29 is 14.3 Å². The van der Waals surface area contributed by atoms with Crippen molar-refractivity contribution in [1.29, 1.82) is 0 Å². The van der Waals surface area contributed by atoms with Gasteiger partial charge in [0.05, 0.1) is 26.7 Å². The number of fused-ring (bicyclic) bond motifs is 1. The Hall–Kier alpha value is -1.67. The minimum Gasteiger partial charge on any atom is -0.465 e. The van der Waals surface area contributed by atoms with Crippen molar-refractivity contribution in [3.63, 3.8) is 0 Å². The molecule has 1 amide bonds. The Morgan fingerprint density at radius 1 is 1.23 bits per heavy atom. The number of hydrogen-bond acceptors (Lipinski definition) is 5. The highest BCUT2D eigenvalue weighted by molar-refractivity contribution is 7.20. The largest absolute Gasteiger partial charge is 0.465 e. The molecule has 3 aromatic rings. The Morgan fingerprint density at radius 3 is 2.65 bits per heavy atom. The predicted molar refractivity (Wildman–Crippen MR) is 105 cm³/mol. The van der Waals surface area contributed by atoms with Gasteiger partial charge < -0.3 is 9.30 Å². The van der Waals surface area contributed by atoms with Gasteiger partial charge in [-0.05, 0) is 37.6 Å². The number of rotatable bonds is 4. The summed E-state index contributed by atoms with van der Waals surface area (Å²) in [5.41, 5.74) is 2.14. The number of aromatic nitrogens is 1. The zero-order chi connectivity index (χ0) is 18.8. The molecule has 0 bridgehead atoms. The molecule has 1 aromatic carbocycles. The third-order valence-electron chi connectivity index (χ3n) is 3.52. The minimum atomic E-state index is -0.501. The Labute approximate surface area is 167 Å². The lowest BCUT2D eigenvalue weighted by molar-refractivity contribution is -0.143. The number of nitrogens with zero attached hydrogens (tertiary/aromatic N) is 2. The van der Waals surface area contributed by atoms with Gasteiger partial charge in [0.25, 0.3) is 5.91 Å². The van der Waals surface area contributed by atoms with Crippen LogP contribution in [0.4, 0.5) is 0 Å². The van der Waals surface area contributed by atoms with Gasteiger partial charge in [-0.15, -0.1) is 11.3 Å². The average Bonchev–Trinajstić information content (AvgIpc) is 3.07. The monoisotopic (exact) mass is 428 g/mol. The summed E-state index contributed by atoms with van der Waals surface area (Å²) >= 11 is 14.4. The fourth-order valence-corrected chi connectivity index (χ4v) is 4.96. The normalized spacial score (nSPS) is 11.9. The predicted octanol–water partition coefficient (Wildman–Crippen LogP) is 4.68. The first-order chi connectivity index (χ1) is 12.4. The van der Waals surface area contributed by atoms with Gasteiger partial charge in [-0.1, -0.05) is 40.6 Å². The average molecular weight is 429 g/mol. The molecule has 0 saturated carbocycles. The van der Waals surface area contributed by atoms with Gasteiger partial charge in [0.1, 0.15) is 10.9 Å². The molecule has 0 aliphatic rings. The second-order valence-corrected chi connectivity index (χ2v) is 8.70. The number of thiazole rings is 1. The third-order valence-corrected chi connectivity index (χ3v) is 6.04. The van der Waals surface area contributed by atoms with Crippen LogP contribution < -0.4 is 4.80 Å². The molecular weight excluding hydrogens is 415 g/mol. The lowest BCUT2D eigenvalue weighted by atomic mass is 10.2. The van der Waals surface area contributed by atoms with Crippen LogP contribution in [-0.2, 0) is 16.1 Å². The van der Waals surface area contributed by atoms with E-state index in [9.17, 15) is 9.59 Å². The summed E-state index contributed by atoms with van der Waals surface area (Å²) in [6.07, 6.45) is 0. The van der Waals surface area contributed by atoms with E-state index in [-0.39, 0.29) is 23.1 Å². The standard InChI is InChI=1S/C17H14Cl2N2O3S2/c1-3-24-14(22)8-21-11-5-4-9(2)6-12(11)25-17(21)20-16(23)10-7-13(18)26-15(10)19/h4-7H,3,8H2,1-2H3. The number of thiophene rings is 1. The van der Waals surface area contributed by atoms with Crippen LogP contribution in [0.3, 0.4) is 0 Å². The highest BCUT2D eigenvalue weighted by atomic mass is 35.5. The summed E-state index contributed by atoms with van der Waals surface area (Å²) in [5.74, 6) is -0.891. The van der Waals surface area contributed by atoms with Crippen molar-refractivity contribution in [2.24, 2.45) is 4.99 Å². The van der Waals surface area contributed by atoms with Gasteiger partial charge >= 0.3 is 5.97 Å². The number of aryl methyl sites for hydroxylation is 1. The van der Waals surface area contributed by atoms with Crippen LogP contribution in [-0.4, -0.2) is 23.1 Å². The number of halogens is 2. The van der Waals surface area contributed by atoms with Crippen LogP contribution in [0.5, 0.6) is 0 Å². The SMILES string of the molecule is CCOC(=O)Cn1c(=NC(=O)c2cc(Cl)sc2Cl)sc2cc(C)ccc21. The van der Waals surface area contributed by atoms with E-state index in [2.05, 4.69) is 4.99 Å². The second kappa shape index (κ2) is 7.92. The number of esters is 1. The molecule has 26 heavy (non-hydrogen) atoms. The molecule has 0 fully saturated rings. The molecule has 2 heterocycles. The van der Waals surface area contributed by atoms with Gasteiger partial charge in [-0.2, -0.15) is 4.99 Å². The quantitative estimate of drug-likeness (QED) is 0.566. The van der Waals surface area contributed by atoms with Crippen LogP contribution in [0.15, 0.2) is 29.3 Å². The van der Waals surface area contributed by atoms with Crippen LogP contribution in [0.25, 0.3) is 10.2 Å². The molecule has 9 heteroatoms. The van der Waals surface area contributed by atoms with Crippen LogP contribution in [0, 0.1) is 6.92 Å². The maximum Gasteiger partial charge on any atom is 0.326 e. The molecule has 5 nitrogen and oxygen atoms in total. The van der Waals surface area contributed by atoms with Gasteiger partial charge in [0.2, 0.25) is 0 Å². The summed E-state index contributed by atoms with van der Waals surface area (Å²) in [7, 11) is 0. The van der Waals surface area contributed by atoms with E-state index in [1.165, 1.54) is 17.4 Å². The van der Waals surface area contributed by atoms with Crippen molar-refractivity contribution in [2.45, 2.75) is 20.4 Å². The number of carbonyl (C=O) groups is 2. The molecule has 0 aliphatic carbocycles. The number of hydrogen-bond donors (Lipinski definition) is 0. The van der Waals surface area contributed by atoms with E-state index >= 15 is 0 Å². The summed E-state index contributed by atoms with van der Waals surface area (Å²) in [6, 6.07) is 7.32. The molecule has 0 spiro atoms. The highest BCUT2D eigenvalue weighted by Crippen LogP contribution is 2.31. The molecule has 0 radical (unpaired) electrons. The van der Waals surface area contributed by atoms with Gasteiger partial charge in [-0.3, -0.25) is 9.59 Å². The zero-order valence-corrected chi connectivity index (χ0v) is 17.1. The molecular formula is C17H14Cl2N2O3S2. The molecule has 2 aromatic heterocycles. The van der Waals surface area contributed by atoms with Gasteiger partial charge in [0.15, 0.2) is 4.80 Å². The van der Waals surface area contributed by atoms with Crippen molar-refractivity contribution in [1.82, 2.24) is 4.57 Å². The highest BCUT2D eigenvalue weighted by Gasteiger charge is 2.16. The Morgan fingerprint density at radius 2 is 2.00 bits per heavy atom. The molecule has 0 unspecified atom stereocenters. The maximum atomic E-state index is 12.5. The van der Waals surface area contributed by atoms with Gasteiger partial charge in [0, 0.05) is 0 Å². The van der Waals surface area contributed by atoms with Crippen molar-refractivity contribution in [3.05, 3.63) is 48.9 Å². The lowest BCUT2D eigenvalue weighted by Crippen LogP contribution is -2.23. The number of amides is 1. The number of benzene rings is 1. The van der Waals surface area contributed by atoms with Crippen molar-refractivity contribution in [2.75, 3.05) is 6.61 Å². The van der Waals surface area contributed by atoms with E-state index < -0.39 is 11.9 Å². The van der Waals surface area contributed by atoms with E-state index in [1.54, 1.807) is 11.5 Å². The Bertz CT molecular complexity index is 1070. The van der Waals surface area contributed by atoms with E-state index in [0.29, 0.717) is 9.14 Å². The van der Waals surface area contributed by atoms with Crippen molar-refractivity contribution in [3.8, 4) is 0 Å². The van der Waals surface area contributed by atoms with Crippen molar-refractivity contribution >= 4 is 68.0 Å². The first kappa shape index (κ1) is 19.1. The molecule has 0 saturated heterocycles. The number of carbonyl (C=O) groups excluding carboxylic acids is 2. The maximum absolute atomic E-state index is 12.5. The summed E-state index contributed by atoms with van der Waals surface area (Å²) in [4.78, 5) is 29.1. The van der Waals surface area contributed by atoms with E-state index in [4.69, 9.17) is 27.9 Å². The van der Waals surface area contributed by atoms with Crippen LogP contribution in [0.1, 0.15) is 22.8 Å². The van der Waals surface area contributed by atoms with E-state index in [0.717, 1.165) is 27.1 Å². The molecule has 136 valence electrons. The molecule has 3 rings (SSSR count). The summed E-state index contributed by atoms with van der Waals surface area (Å²) < 4.78 is 8.35.